The van der Waals surface area contributed by atoms with E-state index in [2.05, 4.69) is 9.97 Å². The second-order valence-corrected chi connectivity index (χ2v) is 9.64. The fraction of sp³-hybridized carbons (Fsp3) is 0.233. The molecule has 1 aromatic heterocycles. The first-order valence-electron chi connectivity index (χ1n) is 12.4. The van der Waals surface area contributed by atoms with Crippen LogP contribution in [0.3, 0.4) is 0 Å². The zero-order chi connectivity index (χ0) is 27.1. The number of fused-ring (bicyclic) bond motifs is 1. The largest absolute Gasteiger partial charge is 0.507 e. The van der Waals surface area contributed by atoms with Crippen LogP contribution in [0.15, 0.2) is 66.2 Å². The summed E-state index contributed by atoms with van der Waals surface area (Å²) < 4.78 is 11.4. The number of Topliss-reactive ketones (excluding diaryl/α,β-unsaturated/α-hetero) is 1. The number of aliphatic hydroxyl groups is 1. The summed E-state index contributed by atoms with van der Waals surface area (Å²) in [5.41, 5.74) is 3.97. The van der Waals surface area contributed by atoms with E-state index >= 15 is 0 Å². The summed E-state index contributed by atoms with van der Waals surface area (Å²) in [4.78, 5) is 36.1. The van der Waals surface area contributed by atoms with Crippen molar-refractivity contribution < 1.29 is 24.2 Å². The normalized spacial score (nSPS) is 17.0. The fourth-order valence-corrected chi connectivity index (χ4v) is 4.97. The number of nitrogens with zero attached hydrogens (tertiary/aromatic N) is 2. The molecule has 0 radical (unpaired) electrons. The van der Waals surface area contributed by atoms with Crippen LogP contribution in [0.1, 0.15) is 42.1 Å². The number of carbonyl (C=O) groups excluding carboxylic acids is 2. The number of aromatic nitrogens is 2. The van der Waals surface area contributed by atoms with Crippen LogP contribution in [0.25, 0.3) is 16.8 Å². The van der Waals surface area contributed by atoms with E-state index in [1.807, 2.05) is 58.0 Å². The summed E-state index contributed by atoms with van der Waals surface area (Å²) in [7, 11) is 1.51. The number of aromatic amines is 1. The van der Waals surface area contributed by atoms with Crippen molar-refractivity contribution in [3.8, 4) is 11.5 Å². The lowest BCUT2D eigenvalue weighted by molar-refractivity contribution is -0.132. The van der Waals surface area contributed by atoms with Crippen LogP contribution in [0.4, 0.5) is 5.95 Å². The van der Waals surface area contributed by atoms with Gasteiger partial charge in [-0.1, -0.05) is 30.3 Å². The number of ether oxygens (including phenoxy) is 2. The number of hydrogen-bond acceptors (Lipinski definition) is 6. The molecule has 0 spiro atoms. The molecule has 1 amide bonds. The molecule has 194 valence electrons. The van der Waals surface area contributed by atoms with Gasteiger partial charge in [0, 0.05) is 0 Å². The number of carbonyl (C=O) groups is 2. The summed E-state index contributed by atoms with van der Waals surface area (Å²) >= 11 is 0. The van der Waals surface area contributed by atoms with Crippen LogP contribution in [0, 0.1) is 13.8 Å². The average molecular weight is 512 g/mol. The zero-order valence-electron chi connectivity index (χ0n) is 21.9. The Balaban J connectivity index is 1.73. The maximum Gasteiger partial charge on any atom is 0.302 e. The molecular weight excluding hydrogens is 482 g/mol. The van der Waals surface area contributed by atoms with Crippen LogP contribution in [-0.4, -0.2) is 40.0 Å². The first-order chi connectivity index (χ1) is 18.2. The molecule has 3 aromatic carbocycles. The Morgan fingerprint density at radius 3 is 2.42 bits per heavy atom. The van der Waals surface area contributed by atoms with Crippen molar-refractivity contribution in [3.63, 3.8) is 0 Å². The number of aliphatic hydroxyl groups excluding tert-OH is 1. The molecule has 1 atom stereocenters. The predicted octanol–water partition coefficient (Wildman–Crippen LogP) is 5.60. The smallest absolute Gasteiger partial charge is 0.302 e. The maximum atomic E-state index is 13.6. The van der Waals surface area contributed by atoms with Gasteiger partial charge in [0.25, 0.3) is 5.78 Å². The number of imidazole rings is 1. The number of H-pyrrole nitrogens is 1. The molecule has 5 rings (SSSR count). The molecule has 0 aliphatic carbocycles. The highest BCUT2D eigenvalue weighted by Crippen LogP contribution is 2.43. The maximum absolute atomic E-state index is 13.6. The molecule has 1 fully saturated rings. The fourth-order valence-electron chi connectivity index (χ4n) is 4.97. The van der Waals surface area contributed by atoms with Gasteiger partial charge in [-0.2, -0.15) is 0 Å². The summed E-state index contributed by atoms with van der Waals surface area (Å²) in [6.07, 6.45) is -0.0148. The van der Waals surface area contributed by atoms with Crippen LogP contribution in [0.5, 0.6) is 11.5 Å². The number of rotatable bonds is 6. The van der Waals surface area contributed by atoms with Gasteiger partial charge in [-0.25, -0.2) is 4.98 Å². The van der Waals surface area contributed by atoms with Gasteiger partial charge in [0.05, 0.1) is 41.4 Å². The van der Waals surface area contributed by atoms with Crippen LogP contribution in [0.2, 0.25) is 0 Å². The van der Waals surface area contributed by atoms with E-state index < -0.39 is 17.7 Å². The number of methoxy groups -OCH3 is 1. The van der Waals surface area contributed by atoms with Crippen LogP contribution in [-0.2, 0) is 9.59 Å². The number of hydrogen-bond donors (Lipinski definition) is 2. The number of para-hydroxylation sites is 2. The Hall–Kier alpha value is -4.59. The highest BCUT2D eigenvalue weighted by molar-refractivity contribution is 6.51. The molecule has 2 N–H and O–H groups in total. The van der Waals surface area contributed by atoms with Gasteiger partial charge in [-0.15, -0.1) is 0 Å². The third-order valence-electron chi connectivity index (χ3n) is 6.50. The van der Waals surface area contributed by atoms with Gasteiger partial charge in [-0.3, -0.25) is 14.5 Å². The molecule has 1 saturated heterocycles. The van der Waals surface area contributed by atoms with Crippen molar-refractivity contribution in [2.45, 2.75) is 39.8 Å². The molecule has 1 unspecified atom stereocenters. The molecule has 4 aromatic rings. The first kappa shape index (κ1) is 25.1. The van der Waals surface area contributed by atoms with Crippen molar-refractivity contribution in [2.24, 2.45) is 0 Å². The minimum atomic E-state index is -0.936. The highest BCUT2D eigenvalue weighted by Gasteiger charge is 2.48. The van der Waals surface area contributed by atoms with Crippen molar-refractivity contribution >= 4 is 34.4 Å². The lowest BCUT2D eigenvalue weighted by atomic mass is 9.93. The standard InChI is InChI=1S/C30H29N3O5/c1-16(2)38-20-12-10-19(11-13-20)25-24(26(34)21-15-17(3)14-18(4)28(21)37-5)27(35)29(36)33(25)30-31-22-8-6-7-9-23(22)32-30/h6-16,25,34H,1-5H3,(H,31,32)/b26-24+. The summed E-state index contributed by atoms with van der Waals surface area (Å²) in [6.45, 7) is 7.62. The lowest BCUT2D eigenvalue weighted by Crippen LogP contribution is -2.30. The number of amides is 1. The quantitative estimate of drug-likeness (QED) is 0.198. The molecule has 0 bridgehead atoms. The van der Waals surface area contributed by atoms with Gasteiger partial charge in [0.15, 0.2) is 0 Å². The molecule has 38 heavy (non-hydrogen) atoms. The molecule has 1 aliphatic rings. The van der Waals surface area contributed by atoms with E-state index in [0.29, 0.717) is 28.1 Å². The number of benzene rings is 3. The molecule has 8 nitrogen and oxygen atoms in total. The summed E-state index contributed by atoms with van der Waals surface area (Å²) in [5.74, 6) is -0.605. The number of anilines is 1. The third-order valence-corrected chi connectivity index (χ3v) is 6.50. The Labute approximate surface area is 220 Å². The molecular formula is C30H29N3O5. The Morgan fingerprint density at radius 2 is 1.76 bits per heavy atom. The van der Waals surface area contributed by atoms with Gasteiger partial charge in [0.1, 0.15) is 17.3 Å². The number of aryl methyl sites for hydroxylation is 2. The SMILES string of the molecule is COc1c(C)cc(C)cc1/C(O)=C1\C(=O)C(=O)N(c2nc3ccccc3[nH]2)C1c1ccc(OC(C)C)cc1. The van der Waals surface area contributed by atoms with Crippen molar-refractivity contribution in [1.29, 1.82) is 0 Å². The average Bonchev–Trinajstić information content (AvgIpc) is 3.41. The summed E-state index contributed by atoms with van der Waals surface area (Å²) in [5, 5.41) is 11.6. The third kappa shape index (κ3) is 4.28. The van der Waals surface area contributed by atoms with Gasteiger partial charge < -0.3 is 19.6 Å². The van der Waals surface area contributed by atoms with Gasteiger partial charge >= 0.3 is 5.91 Å². The minimum absolute atomic E-state index is 0.0148. The zero-order valence-corrected chi connectivity index (χ0v) is 21.9. The Kier molecular flexibility index (Phi) is 6.40. The highest BCUT2D eigenvalue weighted by atomic mass is 16.5. The second kappa shape index (κ2) is 9.70. The topological polar surface area (TPSA) is 105 Å². The molecule has 8 heteroatoms. The number of ketones is 1. The second-order valence-electron chi connectivity index (χ2n) is 9.64. The van der Waals surface area contributed by atoms with E-state index in [1.54, 1.807) is 30.3 Å². The van der Waals surface area contributed by atoms with E-state index in [9.17, 15) is 14.7 Å². The summed E-state index contributed by atoms with van der Waals surface area (Å²) in [6, 6.07) is 17.2. The van der Waals surface area contributed by atoms with Crippen molar-refractivity contribution in [3.05, 3.63) is 88.5 Å². The Morgan fingerprint density at radius 1 is 1.05 bits per heavy atom. The van der Waals surface area contributed by atoms with Crippen LogP contribution < -0.4 is 14.4 Å². The van der Waals surface area contributed by atoms with Gasteiger partial charge in [0.2, 0.25) is 5.95 Å². The lowest BCUT2D eigenvalue weighted by Gasteiger charge is -2.24. The minimum Gasteiger partial charge on any atom is -0.507 e. The Bertz CT molecular complexity index is 1550. The van der Waals surface area contributed by atoms with E-state index in [4.69, 9.17) is 9.47 Å². The van der Waals surface area contributed by atoms with Crippen molar-refractivity contribution in [1.82, 2.24) is 9.97 Å². The monoisotopic (exact) mass is 511 g/mol. The molecule has 2 heterocycles. The molecule has 1 aliphatic heterocycles. The van der Waals surface area contributed by atoms with E-state index in [0.717, 1.165) is 16.6 Å². The van der Waals surface area contributed by atoms with E-state index in [-0.39, 0.29) is 23.4 Å². The van der Waals surface area contributed by atoms with Gasteiger partial charge in [-0.05, 0) is 74.7 Å². The first-order valence-corrected chi connectivity index (χ1v) is 12.4. The number of nitrogens with one attached hydrogen (secondary N) is 1. The van der Waals surface area contributed by atoms with Crippen LogP contribution >= 0.6 is 0 Å². The van der Waals surface area contributed by atoms with E-state index in [1.165, 1.54) is 12.0 Å². The predicted molar refractivity (Wildman–Crippen MR) is 146 cm³/mol. The van der Waals surface area contributed by atoms with Crippen molar-refractivity contribution in [2.75, 3.05) is 12.0 Å². The molecule has 0 saturated carbocycles.